The van der Waals surface area contributed by atoms with Crippen LogP contribution >= 0.6 is 0 Å². The average molecular weight is 208 g/mol. The van der Waals surface area contributed by atoms with E-state index >= 15 is 0 Å². The van der Waals surface area contributed by atoms with E-state index in [9.17, 15) is 9.90 Å². The SMILES string of the molecule is CCC(=O)N/N=C\c1ccc(O)cc1O. The van der Waals surface area contributed by atoms with Gasteiger partial charge in [-0.25, -0.2) is 5.43 Å². The van der Waals surface area contributed by atoms with Gasteiger partial charge in [-0.3, -0.25) is 4.79 Å². The van der Waals surface area contributed by atoms with Crippen molar-refractivity contribution in [1.82, 2.24) is 5.43 Å². The summed E-state index contributed by atoms with van der Waals surface area (Å²) in [6.07, 6.45) is 1.65. The van der Waals surface area contributed by atoms with Gasteiger partial charge < -0.3 is 10.2 Å². The van der Waals surface area contributed by atoms with Crippen LogP contribution in [0, 0.1) is 0 Å². The molecule has 5 nitrogen and oxygen atoms in total. The number of carbonyl (C=O) groups excluding carboxylic acids is 1. The van der Waals surface area contributed by atoms with Gasteiger partial charge >= 0.3 is 0 Å². The van der Waals surface area contributed by atoms with Crippen molar-refractivity contribution >= 4 is 12.1 Å². The number of carbonyl (C=O) groups is 1. The molecule has 3 N–H and O–H groups in total. The Labute approximate surface area is 87.1 Å². The number of hydrogen-bond donors (Lipinski definition) is 3. The second-order valence-corrected chi connectivity index (χ2v) is 2.89. The van der Waals surface area contributed by atoms with Crippen LogP contribution in [0.2, 0.25) is 0 Å². The van der Waals surface area contributed by atoms with E-state index in [2.05, 4.69) is 10.5 Å². The summed E-state index contributed by atoms with van der Waals surface area (Å²) in [5.74, 6) is -0.323. The van der Waals surface area contributed by atoms with Crippen LogP contribution in [0.4, 0.5) is 0 Å². The molecule has 0 bridgehead atoms. The predicted molar refractivity (Wildman–Crippen MR) is 55.8 cm³/mol. The van der Waals surface area contributed by atoms with Gasteiger partial charge in [0.25, 0.3) is 0 Å². The van der Waals surface area contributed by atoms with Crippen LogP contribution in [0.3, 0.4) is 0 Å². The molecule has 0 aromatic heterocycles. The van der Waals surface area contributed by atoms with Crippen LogP contribution in [0.25, 0.3) is 0 Å². The van der Waals surface area contributed by atoms with Crippen LogP contribution < -0.4 is 5.43 Å². The minimum Gasteiger partial charge on any atom is -0.508 e. The van der Waals surface area contributed by atoms with Crippen LogP contribution in [-0.4, -0.2) is 22.3 Å². The van der Waals surface area contributed by atoms with E-state index in [1.54, 1.807) is 6.92 Å². The van der Waals surface area contributed by atoms with Gasteiger partial charge in [0, 0.05) is 18.1 Å². The van der Waals surface area contributed by atoms with E-state index < -0.39 is 0 Å². The molecule has 0 spiro atoms. The number of hydrazone groups is 1. The Kier molecular flexibility index (Phi) is 3.68. The van der Waals surface area contributed by atoms with Gasteiger partial charge in [0.05, 0.1) is 6.21 Å². The molecule has 5 heteroatoms. The van der Waals surface area contributed by atoms with Crippen molar-refractivity contribution in [2.75, 3.05) is 0 Å². The number of nitrogens with zero attached hydrogens (tertiary/aromatic N) is 1. The highest BCUT2D eigenvalue weighted by molar-refractivity contribution is 5.85. The fourth-order valence-electron chi connectivity index (χ4n) is 0.894. The summed E-state index contributed by atoms with van der Waals surface area (Å²) in [4.78, 5) is 10.8. The molecule has 0 atom stereocenters. The summed E-state index contributed by atoms with van der Waals surface area (Å²) in [5.41, 5.74) is 2.70. The van der Waals surface area contributed by atoms with E-state index in [0.29, 0.717) is 12.0 Å². The number of aromatic hydroxyl groups is 2. The fraction of sp³-hybridized carbons (Fsp3) is 0.200. The molecule has 80 valence electrons. The summed E-state index contributed by atoms with van der Waals surface area (Å²) in [6, 6.07) is 4.11. The number of phenolic OH excluding ortho intramolecular Hbond substituents is 2. The van der Waals surface area contributed by atoms with Crippen molar-refractivity contribution in [2.24, 2.45) is 5.10 Å². The monoisotopic (exact) mass is 208 g/mol. The van der Waals surface area contributed by atoms with E-state index in [1.807, 2.05) is 0 Å². The molecular weight excluding hydrogens is 196 g/mol. The number of benzene rings is 1. The highest BCUT2D eigenvalue weighted by atomic mass is 16.3. The summed E-state index contributed by atoms with van der Waals surface area (Å²) in [5, 5.41) is 22.0. The zero-order valence-corrected chi connectivity index (χ0v) is 8.27. The number of amides is 1. The maximum Gasteiger partial charge on any atom is 0.239 e. The van der Waals surface area contributed by atoms with Crippen molar-refractivity contribution in [3.05, 3.63) is 23.8 Å². The van der Waals surface area contributed by atoms with Crippen LogP contribution in [0.5, 0.6) is 11.5 Å². The lowest BCUT2D eigenvalue weighted by molar-refractivity contribution is -0.120. The Morgan fingerprint density at radius 1 is 1.53 bits per heavy atom. The average Bonchev–Trinajstić information content (AvgIpc) is 2.21. The van der Waals surface area contributed by atoms with Crippen molar-refractivity contribution in [2.45, 2.75) is 13.3 Å². The molecule has 0 saturated heterocycles. The molecule has 0 radical (unpaired) electrons. The minimum atomic E-state index is -0.204. The second-order valence-electron chi connectivity index (χ2n) is 2.89. The first-order chi connectivity index (χ1) is 7.13. The number of hydrogen-bond acceptors (Lipinski definition) is 4. The van der Waals surface area contributed by atoms with Crippen LogP contribution in [0.15, 0.2) is 23.3 Å². The van der Waals surface area contributed by atoms with Crippen molar-refractivity contribution in [3.63, 3.8) is 0 Å². The van der Waals surface area contributed by atoms with E-state index in [0.717, 1.165) is 0 Å². The molecule has 1 aromatic carbocycles. The Morgan fingerprint density at radius 2 is 2.27 bits per heavy atom. The van der Waals surface area contributed by atoms with Gasteiger partial charge in [0.15, 0.2) is 0 Å². The van der Waals surface area contributed by atoms with Crippen molar-refractivity contribution in [3.8, 4) is 11.5 Å². The zero-order chi connectivity index (χ0) is 11.3. The van der Waals surface area contributed by atoms with Gasteiger partial charge in [0.2, 0.25) is 5.91 Å². The highest BCUT2D eigenvalue weighted by Crippen LogP contribution is 2.20. The first kappa shape index (κ1) is 11.0. The smallest absolute Gasteiger partial charge is 0.239 e. The quantitative estimate of drug-likeness (QED) is 0.511. The molecule has 0 saturated carbocycles. The van der Waals surface area contributed by atoms with Gasteiger partial charge in [-0.1, -0.05) is 6.92 Å². The Balaban J connectivity index is 2.68. The highest BCUT2D eigenvalue weighted by Gasteiger charge is 1.99. The van der Waals surface area contributed by atoms with Gasteiger partial charge in [-0.05, 0) is 12.1 Å². The molecule has 1 rings (SSSR count). The summed E-state index contributed by atoms with van der Waals surface area (Å²) < 4.78 is 0. The lowest BCUT2D eigenvalue weighted by atomic mass is 10.2. The molecule has 0 heterocycles. The summed E-state index contributed by atoms with van der Waals surface area (Å²) in [7, 11) is 0. The fourth-order valence-corrected chi connectivity index (χ4v) is 0.894. The van der Waals surface area contributed by atoms with E-state index in [4.69, 9.17) is 5.11 Å². The van der Waals surface area contributed by atoms with Gasteiger partial charge in [-0.2, -0.15) is 5.10 Å². The molecule has 1 amide bonds. The Bertz CT molecular complexity index is 388. The largest absolute Gasteiger partial charge is 0.508 e. The lowest BCUT2D eigenvalue weighted by Crippen LogP contribution is -2.15. The molecular formula is C10H12N2O3. The van der Waals surface area contributed by atoms with Crippen LogP contribution in [-0.2, 0) is 4.79 Å². The first-order valence-electron chi connectivity index (χ1n) is 4.47. The minimum absolute atomic E-state index is 0.0257. The molecule has 15 heavy (non-hydrogen) atoms. The Hall–Kier alpha value is -2.04. The normalized spacial score (nSPS) is 10.5. The van der Waals surface area contributed by atoms with Crippen molar-refractivity contribution < 1.29 is 15.0 Å². The first-order valence-corrected chi connectivity index (χ1v) is 4.47. The molecule has 0 unspecified atom stereocenters. The third-order valence-corrected chi connectivity index (χ3v) is 1.73. The standard InChI is InChI=1S/C10H12N2O3/c1-2-10(15)12-11-6-7-3-4-8(13)5-9(7)14/h3-6,13-14H,2H2,1H3,(H,12,15)/b11-6-. The lowest BCUT2D eigenvalue weighted by Gasteiger charge is -1.99. The number of rotatable bonds is 3. The van der Waals surface area contributed by atoms with E-state index in [-0.39, 0.29) is 17.4 Å². The topological polar surface area (TPSA) is 81.9 Å². The zero-order valence-electron chi connectivity index (χ0n) is 8.27. The Morgan fingerprint density at radius 3 is 2.87 bits per heavy atom. The molecule has 0 fully saturated rings. The van der Waals surface area contributed by atoms with Gasteiger partial charge in [-0.15, -0.1) is 0 Å². The summed E-state index contributed by atoms with van der Waals surface area (Å²) in [6.45, 7) is 1.71. The molecule has 0 aliphatic carbocycles. The second kappa shape index (κ2) is 4.99. The third-order valence-electron chi connectivity index (χ3n) is 1.73. The van der Waals surface area contributed by atoms with Crippen LogP contribution in [0.1, 0.15) is 18.9 Å². The van der Waals surface area contributed by atoms with Gasteiger partial charge in [0.1, 0.15) is 11.5 Å². The molecule has 0 aliphatic heterocycles. The van der Waals surface area contributed by atoms with Crippen molar-refractivity contribution in [1.29, 1.82) is 0 Å². The maximum atomic E-state index is 10.8. The number of nitrogens with one attached hydrogen (secondary N) is 1. The molecule has 0 aliphatic rings. The summed E-state index contributed by atoms with van der Waals surface area (Å²) >= 11 is 0. The maximum absolute atomic E-state index is 10.8. The van der Waals surface area contributed by atoms with E-state index in [1.165, 1.54) is 24.4 Å². The molecule has 1 aromatic rings. The predicted octanol–water partition coefficient (Wildman–Crippen LogP) is 0.958. The number of phenols is 2. The third kappa shape index (κ3) is 3.30.